The SMILES string of the molecule is COCC1(CCNC(=O)NCc2ccc(C(=O)O)cc2)CCC1. The highest BCUT2D eigenvalue weighted by atomic mass is 16.5. The lowest BCUT2D eigenvalue weighted by Crippen LogP contribution is -2.41. The van der Waals surface area contributed by atoms with Crippen LogP contribution >= 0.6 is 0 Å². The number of nitrogens with one attached hydrogen (secondary N) is 2. The van der Waals surface area contributed by atoms with E-state index < -0.39 is 5.97 Å². The standard InChI is InChI=1S/C17H24N2O4/c1-23-12-17(7-2-8-17)9-10-18-16(22)19-11-13-3-5-14(6-4-13)15(20)21/h3-6H,2,7-12H2,1H3,(H,20,21)(H2,18,19,22). The Morgan fingerprint density at radius 2 is 1.91 bits per heavy atom. The maximum absolute atomic E-state index is 11.8. The molecule has 23 heavy (non-hydrogen) atoms. The minimum Gasteiger partial charge on any atom is -0.478 e. The van der Waals surface area contributed by atoms with E-state index in [-0.39, 0.29) is 17.0 Å². The van der Waals surface area contributed by atoms with Gasteiger partial charge in [0.2, 0.25) is 0 Å². The van der Waals surface area contributed by atoms with Gasteiger partial charge in [0.15, 0.2) is 0 Å². The zero-order valence-electron chi connectivity index (χ0n) is 13.4. The Balaban J connectivity index is 1.67. The van der Waals surface area contributed by atoms with Crippen molar-refractivity contribution in [2.45, 2.75) is 32.2 Å². The normalized spacial score (nSPS) is 15.5. The van der Waals surface area contributed by atoms with E-state index in [4.69, 9.17) is 9.84 Å². The van der Waals surface area contributed by atoms with Crippen molar-refractivity contribution in [2.24, 2.45) is 5.41 Å². The number of carbonyl (C=O) groups is 2. The first-order valence-electron chi connectivity index (χ1n) is 7.88. The number of rotatable bonds is 8. The third-order valence-corrected chi connectivity index (χ3v) is 4.46. The molecule has 1 aliphatic carbocycles. The first kappa shape index (κ1) is 17.3. The molecule has 0 bridgehead atoms. The Kier molecular flexibility index (Phi) is 5.98. The summed E-state index contributed by atoms with van der Waals surface area (Å²) in [4.78, 5) is 22.6. The summed E-state index contributed by atoms with van der Waals surface area (Å²) in [5.41, 5.74) is 1.34. The van der Waals surface area contributed by atoms with Gasteiger partial charge in [-0.05, 0) is 42.4 Å². The van der Waals surface area contributed by atoms with Gasteiger partial charge in [-0.2, -0.15) is 0 Å². The number of ether oxygens (including phenoxy) is 1. The monoisotopic (exact) mass is 320 g/mol. The number of hydrogen-bond donors (Lipinski definition) is 3. The van der Waals surface area contributed by atoms with E-state index in [1.54, 1.807) is 19.2 Å². The van der Waals surface area contributed by atoms with Crippen molar-refractivity contribution in [2.75, 3.05) is 20.3 Å². The summed E-state index contributed by atoms with van der Waals surface area (Å²) in [6, 6.07) is 6.25. The second-order valence-electron chi connectivity index (χ2n) is 6.15. The van der Waals surface area contributed by atoms with E-state index in [0.29, 0.717) is 13.1 Å². The van der Waals surface area contributed by atoms with Crippen molar-refractivity contribution in [1.29, 1.82) is 0 Å². The Hall–Kier alpha value is -2.08. The Labute approximate surface area is 136 Å². The van der Waals surface area contributed by atoms with Gasteiger partial charge in [0, 0.05) is 20.2 Å². The number of methoxy groups -OCH3 is 1. The van der Waals surface area contributed by atoms with Crippen LogP contribution in [0.15, 0.2) is 24.3 Å². The van der Waals surface area contributed by atoms with Crippen molar-refractivity contribution in [1.82, 2.24) is 10.6 Å². The van der Waals surface area contributed by atoms with E-state index in [9.17, 15) is 9.59 Å². The average molecular weight is 320 g/mol. The Morgan fingerprint density at radius 3 is 2.43 bits per heavy atom. The predicted octanol–water partition coefficient (Wildman–Crippen LogP) is 2.39. The lowest BCUT2D eigenvalue weighted by Gasteiger charge is -2.41. The number of benzene rings is 1. The molecule has 1 aliphatic rings. The molecular formula is C17H24N2O4. The third kappa shape index (κ3) is 4.96. The molecule has 0 radical (unpaired) electrons. The minimum atomic E-state index is -0.955. The number of urea groups is 1. The van der Waals surface area contributed by atoms with E-state index in [1.165, 1.54) is 31.4 Å². The first-order chi connectivity index (χ1) is 11.0. The largest absolute Gasteiger partial charge is 0.478 e. The molecule has 1 aromatic carbocycles. The van der Waals surface area contributed by atoms with Gasteiger partial charge < -0.3 is 20.5 Å². The molecule has 0 saturated heterocycles. The molecule has 3 N–H and O–H groups in total. The van der Waals surface area contributed by atoms with Gasteiger partial charge in [-0.3, -0.25) is 0 Å². The van der Waals surface area contributed by atoms with Gasteiger partial charge in [-0.15, -0.1) is 0 Å². The van der Waals surface area contributed by atoms with Crippen LogP contribution in [0.1, 0.15) is 41.6 Å². The second-order valence-corrected chi connectivity index (χ2v) is 6.15. The molecule has 2 rings (SSSR count). The van der Waals surface area contributed by atoms with E-state index in [2.05, 4.69) is 10.6 Å². The first-order valence-corrected chi connectivity index (χ1v) is 7.88. The zero-order valence-corrected chi connectivity index (χ0v) is 13.4. The number of aromatic carboxylic acids is 1. The van der Waals surface area contributed by atoms with Gasteiger partial charge in [0.05, 0.1) is 12.2 Å². The van der Waals surface area contributed by atoms with Crippen LogP contribution in [0, 0.1) is 5.41 Å². The number of carbonyl (C=O) groups excluding carboxylic acids is 1. The van der Waals surface area contributed by atoms with E-state index in [1.807, 2.05) is 0 Å². The minimum absolute atomic E-state index is 0.209. The van der Waals surface area contributed by atoms with Crippen LogP contribution in [0.25, 0.3) is 0 Å². The van der Waals surface area contributed by atoms with Crippen molar-refractivity contribution >= 4 is 12.0 Å². The number of carboxylic acids is 1. The van der Waals surface area contributed by atoms with Crippen LogP contribution in [0.5, 0.6) is 0 Å². The van der Waals surface area contributed by atoms with Crippen LogP contribution in [0.3, 0.4) is 0 Å². The van der Waals surface area contributed by atoms with Crippen LogP contribution < -0.4 is 10.6 Å². The highest BCUT2D eigenvalue weighted by Gasteiger charge is 2.36. The summed E-state index contributed by atoms with van der Waals surface area (Å²) in [5, 5.41) is 14.5. The Bertz CT molecular complexity index is 538. The number of hydrogen-bond acceptors (Lipinski definition) is 3. The molecule has 0 aromatic heterocycles. The third-order valence-electron chi connectivity index (χ3n) is 4.46. The summed E-state index contributed by atoms with van der Waals surface area (Å²) in [7, 11) is 1.72. The fraction of sp³-hybridized carbons (Fsp3) is 0.529. The summed E-state index contributed by atoms with van der Waals surface area (Å²) in [6.45, 7) is 1.76. The van der Waals surface area contributed by atoms with E-state index >= 15 is 0 Å². The van der Waals surface area contributed by atoms with Gasteiger partial charge in [0.1, 0.15) is 0 Å². The van der Waals surface area contributed by atoms with Crippen molar-refractivity contribution in [3.63, 3.8) is 0 Å². The molecule has 0 aliphatic heterocycles. The number of amides is 2. The zero-order chi connectivity index (χ0) is 16.7. The summed E-state index contributed by atoms with van der Waals surface area (Å²) < 4.78 is 5.27. The van der Waals surface area contributed by atoms with Gasteiger partial charge >= 0.3 is 12.0 Å². The maximum atomic E-state index is 11.8. The summed E-state index contributed by atoms with van der Waals surface area (Å²) in [5.74, 6) is -0.955. The van der Waals surface area contributed by atoms with Crippen LogP contribution in [-0.2, 0) is 11.3 Å². The quantitative estimate of drug-likeness (QED) is 0.686. The molecule has 1 fully saturated rings. The maximum Gasteiger partial charge on any atom is 0.335 e. The molecule has 0 unspecified atom stereocenters. The molecule has 6 heteroatoms. The van der Waals surface area contributed by atoms with Crippen molar-refractivity contribution in [3.05, 3.63) is 35.4 Å². The lowest BCUT2D eigenvalue weighted by molar-refractivity contribution is 0.0113. The Morgan fingerprint density at radius 1 is 1.22 bits per heavy atom. The number of carboxylic acid groups (broad SMARTS) is 1. The fourth-order valence-corrected chi connectivity index (χ4v) is 2.90. The smallest absolute Gasteiger partial charge is 0.335 e. The van der Waals surface area contributed by atoms with Gasteiger partial charge in [0.25, 0.3) is 0 Å². The van der Waals surface area contributed by atoms with Crippen molar-refractivity contribution < 1.29 is 19.4 Å². The second kappa shape index (κ2) is 7.97. The van der Waals surface area contributed by atoms with Gasteiger partial charge in [-0.25, -0.2) is 9.59 Å². The van der Waals surface area contributed by atoms with Crippen LogP contribution in [0.4, 0.5) is 4.79 Å². The molecule has 1 aromatic rings. The highest BCUT2D eigenvalue weighted by Crippen LogP contribution is 2.43. The average Bonchev–Trinajstić information content (AvgIpc) is 2.51. The van der Waals surface area contributed by atoms with Crippen LogP contribution in [0.2, 0.25) is 0 Å². The summed E-state index contributed by atoms with van der Waals surface area (Å²) in [6.07, 6.45) is 4.50. The molecule has 2 amide bonds. The van der Waals surface area contributed by atoms with Gasteiger partial charge in [-0.1, -0.05) is 18.6 Å². The van der Waals surface area contributed by atoms with Crippen molar-refractivity contribution in [3.8, 4) is 0 Å². The molecule has 6 nitrogen and oxygen atoms in total. The topological polar surface area (TPSA) is 87.7 Å². The summed E-state index contributed by atoms with van der Waals surface area (Å²) >= 11 is 0. The molecule has 0 atom stereocenters. The molecule has 0 spiro atoms. The van der Waals surface area contributed by atoms with Crippen LogP contribution in [-0.4, -0.2) is 37.4 Å². The molecule has 126 valence electrons. The molecule has 0 heterocycles. The van der Waals surface area contributed by atoms with E-state index in [0.717, 1.165) is 18.6 Å². The fourth-order valence-electron chi connectivity index (χ4n) is 2.90. The lowest BCUT2D eigenvalue weighted by atomic mass is 9.67. The molecular weight excluding hydrogens is 296 g/mol. The molecule has 1 saturated carbocycles. The highest BCUT2D eigenvalue weighted by molar-refractivity contribution is 5.87. The predicted molar refractivity (Wildman–Crippen MR) is 86.4 cm³/mol.